The fourth-order valence-electron chi connectivity index (χ4n) is 1.37. The molecule has 1 aliphatic heterocycles. The molecule has 2 atom stereocenters. The topological polar surface area (TPSA) is 42.9 Å². The molecular formula is C9H10N2OS. The molecule has 0 aromatic carbocycles. The Morgan fingerprint density at radius 1 is 1.54 bits per heavy atom. The summed E-state index contributed by atoms with van der Waals surface area (Å²) < 4.78 is 0. The molecule has 1 aromatic rings. The number of hydrogen-bond donors (Lipinski definition) is 0. The smallest absolute Gasteiger partial charge is 0.147 e. The van der Waals surface area contributed by atoms with Crippen LogP contribution in [0.25, 0.3) is 0 Å². The lowest BCUT2D eigenvalue weighted by Gasteiger charge is -2.05. The standard InChI is InChI=1S/C9H10N2OS/c1-6-8(12)4-9(13-6)7-5-10-2-3-11-7/h2-3,5-6,9H,4H2,1H3. The van der Waals surface area contributed by atoms with Gasteiger partial charge in [0.05, 0.1) is 16.2 Å². The number of rotatable bonds is 1. The van der Waals surface area contributed by atoms with Crippen LogP contribution in [0.3, 0.4) is 0 Å². The van der Waals surface area contributed by atoms with Crippen LogP contribution in [0.5, 0.6) is 0 Å². The second kappa shape index (κ2) is 3.46. The first-order valence-corrected chi connectivity index (χ1v) is 5.16. The lowest BCUT2D eigenvalue weighted by molar-refractivity contribution is -0.117. The molecule has 0 amide bonds. The van der Waals surface area contributed by atoms with E-state index in [-0.39, 0.29) is 10.5 Å². The number of Topliss-reactive ketones (excluding diaryl/α,β-unsaturated/α-hetero) is 1. The number of carbonyl (C=O) groups excluding carboxylic acids is 1. The Hall–Kier alpha value is -0.900. The van der Waals surface area contributed by atoms with E-state index in [1.807, 2.05) is 6.92 Å². The molecule has 4 heteroatoms. The largest absolute Gasteiger partial charge is 0.298 e. The zero-order chi connectivity index (χ0) is 9.26. The minimum absolute atomic E-state index is 0.118. The summed E-state index contributed by atoms with van der Waals surface area (Å²) in [6.45, 7) is 1.95. The predicted octanol–water partition coefficient (Wildman–Crippen LogP) is 1.61. The second-order valence-corrected chi connectivity index (χ2v) is 4.62. The van der Waals surface area contributed by atoms with E-state index in [1.54, 1.807) is 30.4 Å². The van der Waals surface area contributed by atoms with Gasteiger partial charge in [0.15, 0.2) is 0 Å². The molecule has 13 heavy (non-hydrogen) atoms. The predicted molar refractivity (Wildman–Crippen MR) is 51.5 cm³/mol. The van der Waals surface area contributed by atoms with Gasteiger partial charge in [-0.1, -0.05) is 0 Å². The molecule has 1 aromatic heterocycles. The average Bonchev–Trinajstić information content (AvgIpc) is 2.49. The van der Waals surface area contributed by atoms with Crippen molar-refractivity contribution >= 4 is 17.5 Å². The molecule has 0 bridgehead atoms. The molecule has 3 nitrogen and oxygen atoms in total. The van der Waals surface area contributed by atoms with Gasteiger partial charge >= 0.3 is 0 Å². The number of hydrogen-bond acceptors (Lipinski definition) is 4. The third-order valence-corrected chi connectivity index (χ3v) is 3.53. The van der Waals surface area contributed by atoms with Gasteiger partial charge in [-0.25, -0.2) is 0 Å². The Morgan fingerprint density at radius 3 is 2.92 bits per heavy atom. The van der Waals surface area contributed by atoms with E-state index in [4.69, 9.17) is 0 Å². The summed E-state index contributed by atoms with van der Waals surface area (Å²) in [5.41, 5.74) is 0.921. The van der Waals surface area contributed by atoms with Crippen LogP contribution in [-0.4, -0.2) is 21.0 Å². The van der Waals surface area contributed by atoms with Gasteiger partial charge in [-0.3, -0.25) is 14.8 Å². The Labute approximate surface area is 81.0 Å². The number of ketones is 1. The SMILES string of the molecule is CC1SC(c2cnccn2)CC1=O. The lowest BCUT2D eigenvalue weighted by atomic mass is 10.1. The summed E-state index contributed by atoms with van der Waals surface area (Å²) >= 11 is 1.67. The number of nitrogens with zero attached hydrogens (tertiary/aromatic N) is 2. The van der Waals surface area contributed by atoms with Crippen LogP contribution in [0, 0.1) is 0 Å². The molecule has 1 fully saturated rings. The third-order valence-electron chi connectivity index (χ3n) is 2.12. The molecule has 1 saturated heterocycles. The lowest BCUT2D eigenvalue weighted by Crippen LogP contribution is -2.03. The van der Waals surface area contributed by atoms with E-state index >= 15 is 0 Å². The van der Waals surface area contributed by atoms with Crippen LogP contribution in [-0.2, 0) is 4.79 Å². The maximum atomic E-state index is 11.3. The van der Waals surface area contributed by atoms with Crippen molar-refractivity contribution in [3.05, 3.63) is 24.3 Å². The van der Waals surface area contributed by atoms with Crippen molar-refractivity contribution in [1.29, 1.82) is 0 Å². The van der Waals surface area contributed by atoms with Gasteiger partial charge < -0.3 is 0 Å². The molecular weight excluding hydrogens is 184 g/mol. The summed E-state index contributed by atoms with van der Waals surface area (Å²) in [5, 5.41) is 0.336. The highest BCUT2D eigenvalue weighted by atomic mass is 32.2. The van der Waals surface area contributed by atoms with Crippen LogP contribution < -0.4 is 0 Å². The van der Waals surface area contributed by atoms with Crippen LogP contribution in [0.2, 0.25) is 0 Å². The molecule has 0 radical (unpaired) electrons. The van der Waals surface area contributed by atoms with E-state index in [2.05, 4.69) is 9.97 Å². The van der Waals surface area contributed by atoms with Gasteiger partial charge in [0.2, 0.25) is 0 Å². The normalized spacial score (nSPS) is 27.9. The molecule has 0 spiro atoms. The molecule has 0 aliphatic carbocycles. The quantitative estimate of drug-likeness (QED) is 0.681. The summed E-state index contributed by atoms with van der Waals surface area (Å²) in [6, 6.07) is 0. The van der Waals surface area contributed by atoms with Crippen LogP contribution in [0.4, 0.5) is 0 Å². The maximum Gasteiger partial charge on any atom is 0.147 e. The van der Waals surface area contributed by atoms with Crippen LogP contribution in [0.1, 0.15) is 24.3 Å². The Morgan fingerprint density at radius 2 is 2.38 bits per heavy atom. The zero-order valence-electron chi connectivity index (χ0n) is 7.30. The maximum absolute atomic E-state index is 11.3. The van der Waals surface area contributed by atoms with Crippen molar-refractivity contribution in [2.45, 2.75) is 23.8 Å². The van der Waals surface area contributed by atoms with Crippen molar-refractivity contribution in [2.75, 3.05) is 0 Å². The zero-order valence-corrected chi connectivity index (χ0v) is 8.12. The first-order valence-electron chi connectivity index (χ1n) is 4.21. The number of carbonyl (C=O) groups is 1. The molecule has 68 valence electrons. The van der Waals surface area contributed by atoms with Crippen molar-refractivity contribution < 1.29 is 4.79 Å². The van der Waals surface area contributed by atoms with E-state index in [9.17, 15) is 4.79 Å². The van der Waals surface area contributed by atoms with E-state index < -0.39 is 0 Å². The minimum atomic E-state index is 0.118. The highest BCUT2D eigenvalue weighted by Crippen LogP contribution is 2.41. The highest BCUT2D eigenvalue weighted by molar-refractivity contribution is 8.01. The van der Waals surface area contributed by atoms with Gasteiger partial charge in [0.25, 0.3) is 0 Å². The fourth-order valence-corrected chi connectivity index (χ4v) is 2.63. The summed E-state index contributed by atoms with van der Waals surface area (Å²) in [5.74, 6) is 0.320. The van der Waals surface area contributed by atoms with E-state index in [0.717, 1.165) is 5.69 Å². The van der Waals surface area contributed by atoms with Gasteiger partial charge in [-0.15, -0.1) is 11.8 Å². The summed E-state index contributed by atoms with van der Waals surface area (Å²) in [7, 11) is 0. The summed E-state index contributed by atoms with van der Waals surface area (Å²) in [6.07, 6.45) is 5.66. The summed E-state index contributed by atoms with van der Waals surface area (Å²) in [4.78, 5) is 19.5. The molecule has 1 aliphatic rings. The van der Waals surface area contributed by atoms with Crippen LogP contribution in [0.15, 0.2) is 18.6 Å². The van der Waals surface area contributed by atoms with Crippen molar-refractivity contribution in [3.63, 3.8) is 0 Å². The average molecular weight is 194 g/mol. The Kier molecular flexibility index (Phi) is 2.31. The number of aromatic nitrogens is 2. The number of thioether (sulfide) groups is 1. The van der Waals surface area contributed by atoms with Crippen LogP contribution >= 0.6 is 11.8 Å². The minimum Gasteiger partial charge on any atom is -0.298 e. The molecule has 2 unspecified atom stereocenters. The van der Waals surface area contributed by atoms with Crippen molar-refractivity contribution in [1.82, 2.24) is 9.97 Å². The molecule has 2 heterocycles. The van der Waals surface area contributed by atoms with E-state index in [1.165, 1.54) is 0 Å². The van der Waals surface area contributed by atoms with E-state index in [0.29, 0.717) is 12.2 Å². The van der Waals surface area contributed by atoms with Gasteiger partial charge in [-0.2, -0.15) is 0 Å². The third kappa shape index (κ3) is 1.72. The first-order chi connectivity index (χ1) is 6.27. The van der Waals surface area contributed by atoms with Crippen molar-refractivity contribution in [2.24, 2.45) is 0 Å². The molecule has 2 rings (SSSR count). The Balaban J connectivity index is 2.17. The molecule has 0 saturated carbocycles. The van der Waals surface area contributed by atoms with Gasteiger partial charge in [0, 0.05) is 25.0 Å². The van der Waals surface area contributed by atoms with Crippen molar-refractivity contribution in [3.8, 4) is 0 Å². The first kappa shape index (κ1) is 8.69. The Bertz CT molecular complexity index is 315. The second-order valence-electron chi connectivity index (χ2n) is 3.07. The monoisotopic (exact) mass is 194 g/mol. The van der Waals surface area contributed by atoms with Gasteiger partial charge in [0.1, 0.15) is 5.78 Å². The highest BCUT2D eigenvalue weighted by Gasteiger charge is 2.31. The molecule has 0 N–H and O–H groups in total. The fraction of sp³-hybridized carbons (Fsp3) is 0.444. The van der Waals surface area contributed by atoms with Gasteiger partial charge in [-0.05, 0) is 6.92 Å².